The van der Waals surface area contributed by atoms with Crippen molar-refractivity contribution in [3.8, 4) is 11.5 Å². The number of rotatable bonds is 20. The predicted octanol–water partition coefficient (Wildman–Crippen LogP) is 19.7. The monoisotopic (exact) mass is 1120 g/mol. The van der Waals surface area contributed by atoms with Crippen LogP contribution in [0.4, 0.5) is 0 Å². The van der Waals surface area contributed by atoms with Crippen LogP contribution in [0.15, 0.2) is 237 Å². The normalized spacial score (nSPS) is 17.7. The van der Waals surface area contributed by atoms with Crippen molar-refractivity contribution in [2.45, 2.75) is 138 Å². The molecule has 0 saturated carbocycles. The lowest BCUT2D eigenvalue weighted by Gasteiger charge is -2.17. The fourth-order valence-corrected chi connectivity index (χ4v) is 9.22. The summed E-state index contributed by atoms with van der Waals surface area (Å²) in [5.41, 5.74) is 18.5. The molecule has 0 radical (unpaired) electrons. The number of aryl methyl sites for hydroxylation is 2. The average molecular weight is 1130 g/mol. The van der Waals surface area contributed by atoms with Crippen LogP contribution in [0.25, 0.3) is 12.2 Å². The van der Waals surface area contributed by atoms with Crippen LogP contribution in [0.5, 0.6) is 11.5 Å². The van der Waals surface area contributed by atoms with Crippen molar-refractivity contribution in [3.05, 3.63) is 281 Å². The number of Topliss-reactive ketones (excluding diaryl/α,β-unsaturated/α-hetero) is 4. The fourth-order valence-electron chi connectivity index (χ4n) is 9.22. The molecule has 0 fully saturated rings. The molecule has 6 nitrogen and oxygen atoms in total. The molecule has 2 aromatic rings. The summed E-state index contributed by atoms with van der Waals surface area (Å²) in [5.74, 6) is -0.745. The molecule has 2 aliphatic carbocycles. The molecule has 2 aliphatic rings. The first-order chi connectivity index (χ1) is 39.3. The quantitative estimate of drug-likeness (QED) is 0.101. The first-order valence-electron chi connectivity index (χ1n) is 28.7. The second kappa shape index (κ2) is 32.4. The Morgan fingerprint density at radius 2 is 0.560 bits per heavy atom. The topological polar surface area (TPSA) is 109 Å². The lowest BCUT2D eigenvalue weighted by Crippen LogP contribution is -2.24. The number of aromatic hydroxyl groups is 2. The zero-order chi connectivity index (χ0) is 63.2. The van der Waals surface area contributed by atoms with Crippen molar-refractivity contribution < 1.29 is 29.4 Å². The standard InChI is InChI=1S/C40H48O2.C38H44O4/c1-27(17-13-19-29(3)21-23-37-31(5)25-39(41)35(9)33(37)7)15-11-12-16-28(2)18-14-20-30(4)22-24-38-32(6)26-40(42)36(10)34(38)8;1-25(17-13-19-27(3)21-23-31-29(5)33(39)35(41)37(31,7)8)15-11-12-16-26(2)18-14-20-28(4)22-24-32-30(6)34(40)36(42)38(32,9)10/h11-26,41-42H,1-10H3;11-24H,1-10H3/b12-11+,17-13+,18-14+,23-21+,24-22+,27-15+,28-16+,29-19+,30-20+;12-11+,17-13+,18-14+,23-21+,24-22+,25-15+,26-16+,27-19+,28-20+. The van der Waals surface area contributed by atoms with Crippen LogP contribution in [-0.2, 0) is 19.2 Å². The number of hydrogen-bond donors (Lipinski definition) is 2. The maximum Gasteiger partial charge on any atom is 0.225 e. The second-order valence-corrected chi connectivity index (χ2v) is 23.2. The Kier molecular flexibility index (Phi) is 26.9. The van der Waals surface area contributed by atoms with E-state index in [-0.39, 0.29) is 23.1 Å². The van der Waals surface area contributed by atoms with Gasteiger partial charge in [-0.1, -0.05) is 215 Å². The molecule has 0 spiro atoms. The highest BCUT2D eigenvalue weighted by molar-refractivity contribution is 6.49. The summed E-state index contributed by atoms with van der Waals surface area (Å²) in [4.78, 5) is 48.4. The van der Waals surface area contributed by atoms with E-state index in [0.29, 0.717) is 22.6 Å². The minimum absolute atomic E-state index is 0.344. The molecule has 84 heavy (non-hydrogen) atoms. The SMILES string of the molecule is CC(/C=C/C=C(C)/C=C/c1c(C)cc(O)c(C)c1C)=C\C=C\C=C(C)\C=C\C=C(C)\C=C\c1c(C)cc(O)c(C)c1C.CC1=C(/C=C/C(C)=C/C=C/C(C)=C/C=C/C=C(C)/C=C/C=C(C)/C=C/C2=C(C)C(=O)C(=O)C2(C)C)C(C)(C)C(=O)C1=O. The van der Waals surface area contributed by atoms with Gasteiger partial charge in [0.15, 0.2) is 0 Å². The summed E-state index contributed by atoms with van der Waals surface area (Å²) in [6.07, 6.45) is 57.0. The van der Waals surface area contributed by atoms with E-state index in [1.165, 1.54) is 11.1 Å². The smallest absolute Gasteiger partial charge is 0.225 e. The number of phenolic OH excluding ortho intramolecular Hbond substituents is 2. The summed E-state index contributed by atoms with van der Waals surface area (Å²) >= 11 is 0. The molecule has 0 aromatic heterocycles. The lowest BCUT2D eigenvalue weighted by atomic mass is 9.84. The maximum absolute atomic E-state index is 12.2. The van der Waals surface area contributed by atoms with Crippen molar-refractivity contribution in [2.75, 3.05) is 0 Å². The van der Waals surface area contributed by atoms with Crippen LogP contribution in [0.1, 0.15) is 141 Å². The fraction of sp³-hybridized carbons (Fsp3) is 0.282. The van der Waals surface area contributed by atoms with Crippen LogP contribution < -0.4 is 0 Å². The highest BCUT2D eigenvalue weighted by Crippen LogP contribution is 2.40. The van der Waals surface area contributed by atoms with E-state index in [2.05, 4.69) is 127 Å². The lowest BCUT2D eigenvalue weighted by molar-refractivity contribution is -0.137. The van der Waals surface area contributed by atoms with Gasteiger partial charge in [-0.2, -0.15) is 0 Å². The number of ketones is 4. The van der Waals surface area contributed by atoms with Crippen LogP contribution >= 0.6 is 0 Å². The molecule has 0 aliphatic heterocycles. The van der Waals surface area contributed by atoms with E-state index in [0.717, 1.165) is 89.1 Å². The number of allylic oxidation sites excluding steroid dienone is 38. The predicted molar refractivity (Wildman–Crippen MR) is 359 cm³/mol. The van der Waals surface area contributed by atoms with Gasteiger partial charge >= 0.3 is 0 Å². The maximum atomic E-state index is 12.2. The van der Waals surface area contributed by atoms with Crippen molar-refractivity contribution in [1.29, 1.82) is 0 Å². The molecule has 2 aromatic carbocycles. The number of benzene rings is 2. The van der Waals surface area contributed by atoms with Gasteiger partial charge in [0.25, 0.3) is 0 Å². The third-order valence-corrected chi connectivity index (χ3v) is 15.2. The van der Waals surface area contributed by atoms with Crippen LogP contribution in [0, 0.1) is 52.4 Å². The van der Waals surface area contributed by atoms with Gasteiger partial charge in [0.2, 0.25) is 23.1 Å². The molecule has 0 bridgehead atoms. The van der Waals surface area contributed by atoms with Crippen molar-refractivity contribution in [2.24, 2.45) is 10.8 Å². The van der Waals surface area contributed by atoms with Gasteiger partial charge < -0.3 is 10.2 Å². The van der Waals surface area contributed by atoms with Gasteiger partial charge in [0.1, 0.15) is 11.5 Å². The second-order valence-electron chi connectivity index (χ2n) is 23.2. The summed E-state index contributed by atoms with van der Waals surface area (Å²) in [6.45, 7) is 39.0. The Labute approximate surface area is 504 Å². The minimum Gasteiger partial charge on any atom is -0.508 e. The Hall–Kier alpha value is -8.48. The molecule has 0 atom stereocenters. The van der Waals surface area contributed by atoms with Gasteiger partial charge in [-0.15, -0.1) is 0 Å². The first kappa shape index (κ1) is 69.8. The highest BCUT2D eigenvalue weighted by Gasteiger charge is 2.44. The molecule has 0 amide bonds. The van der Waals surface area contributed by atoms with Gasteiger partial charge in [0.05, 0.1) is 10.8 Å². The molecule has 0 heterocycles. The Balaban J connectivity index is 0.000000440. The summed E-state index contributed by atoms with van der Waals surface area (Å²) in [5, 5.41) is 20.0. The molecule has 4 rings (SSSR count). The summed E-state index contributed by atoms with van der Waals surface area (Å²) < 4.78 is 0. The van der Waals surface area contributed by atoms with Crippen LogP contribution in [-0.4, -0.2) is 33.3 Å². The average Bonchev–Trinajstić information content (AvgIpc) is 3.83. The molecule has 440 valence electrons. The Morgan fingerprint density at radius 3 is 0.798 bits per heavy atom. The van der Waals surface area contributed by atoms with Crippen molar-refractivity contribution >= 4 is 35.3 Å². The van der Waals surface area contributed by atoms with Crippen LogP contribution in [0.2, 0.25) is 0 Å². The molecular formula is C78H92O6. The highest BCUT2D eigenvalue weighted by atomic mass is 16.3. The van der Waals surface area contributed by atoms with Crippen LogP contribution in [0.3, 0.4) is 0 Å². The van der Waals surface area contributed by atoms with E-state index < -0.39 is 10.8 Å². The number of phenols is 2. The van der Waals surface area contributed by atoms with E-state index >= 15 is 0 Å². The third kappa shape index (κ3) is 20.4. The largest absolute Gasteiger partial charge is 0.508 e. The first-order valence-corrected chi connectivity index (χ1v) is 28.7. The zero-order valence-corrected chi connectivity index (χ0v) is 53.8. The van der Waals surface area contributed by atoms with Crippen molar-refractivity contribution in [3.63, 3.8) is 0 Å². The molecule has 2 N–H and O–H groups in total. The van der Waals surface area contributed by atoms with Crippen molar-refractivity contribution in [1.82, 2.24) is 0 Å². The molecule has 0 saturated heterocycles. The van der Waals surface area contributed by atoms with Gasteiger partial charge in [-0.3, -0.25) is 19.2 Å². The number of hydrogen-bond acceptors (Lipinski definition) is 6. The van der Waals surface area contributed by atoms with E-state index in [1.807, 2.05) is 153 Å². The molecule has 6 heteroatoms. The zero-order valence-electron chi connectivity index (χ0n) is 53.8. The molecule has 0 unspecified atom stereocenters. The Bertz CT molecular complexity index is 3300. The molecular weight excluding hydrogens is 1030 g/mol. The van der Waals surface area contributed by atoms with Gasteiger partial charge in [-0.05, 0) is 206 Å². The summed E-state index contributed by atoms with van der Waals surface area (Å²) in [7, 11) is 0. The number of carbonyl (C=O) groups is 4. The van der Waals surface area contributed by atoms with Gasteiger partial charge in [-0.25, -0.2) is 0 Å². The van der Waals surface area contributed by atoms with E-state index in [4.69, 9.17) is 0 Å². The van der Waals surface area contributed by atoms with Gasteiger partial charge in [0, 0.05) is 11.1 Å². The van der Waals surface area contributed by atoms with E-state index in [1.54, 1.807) is 41.5 Å². The minimum atomic E-state index is -0.772. The summed E-state index contributed by atoms with van der Waals surface area (Å²) in [6, 6.07) is 3.66. The third-order valence-electron chi connectivity index (χ3n) is 15.2. The van der Waals surface area contributed by atoms with E-state index in [9.17, 15) is 29.4 Å². The Morgan fingerprint density at radius 1 is 0.333 bits per heavy atom. The number of carbonyl (C=O) groups excluding carboxylic acids is 4.